The van der Waals surface area contributed by atoms with E-state index in [-0.39, 0.29) is 52.1 Å². The Labute approximate surface area is 324 Å². The predicted molar refractivity (Wildman–Crippen MR) is 194 cm³/mol. The number of aliphatic hydroxyl groups is 9. The van der Waals surface area contributed by atoms with Crippen LogP contribution in [0.4, 0.5) is 0 Å². The normalized spacial score (nSPS) is 59.6. The van der Waals surface area contributed by atoms with Crippen molar-refractivity contribution in [1.82, 2.24) is 0 Å². The number of hydrogen-bond acceptors (Lipinski definition) is 14. The predicted octanol–water partition coefficient (Wildman–Crippen LogP) is 0.724. The quantitative estimate of drug-likeness (QED) is 0.169. The standard InChI is InChI=1S/C41H68O14/c1-35(2)24(53-33-29(49)26(46)21(45)17-51-33)9-11-41-18-40(41)13-12-37(5)32(20(44)15-38(37,6)23(40)14-19(43)31(35)41)39(7)10-8-25(36(3,4)55-39)54-34-30(50)28(48)27(47)22(16-42)52-34/h19-34,42-50H,8-18H2,1-7H3/t19-,20-,21+,22+,23-,24-,25-,26-,27+,28-,29+,30+,31-,32-,33-,34-,37+,38-,39+,40-,41+/m0/s1. The molecule has 0 amide bonds. The maximum absolute atomic E-state index is 12.3. The molecule has 0 aromatic rings. The lowest BCUT2D eigenvalue weighted by Gasteiger charge is -2.65. The lowest BCUT2D eigenvalue weighted by atomic mass is 9.41. The molecule has 14 heteroatoms. The van der Waals surface area contributed by atoms with Gasteiger partial charge in [0.05, 0.1) is 48.8 Å². The summed E-state index contributed by atoms with van der Waals surface area (Å²) in [4.78, 5) is 0. The molecule has 55 heavy (non-hydrogen) atoms. The first kappa shape index (κ1) is 41.2. The summed E-state index contributed by atoms with van der Waals surface area (Å²) in [5.41, 5.74) is -2.69. The van der Waals surface area contributed by atoms with Gasteiger partial charge in [-0.3, -0.25) is 0 Å². The molecule has 316 valence electrons. The summed E-state index contributed by atoms with van der Waals surface area (Å²) in [6.45, 7) is 14.3. The number of hydrogen-bond donors (Lipinski definition) is 9. The molecule has 3 aliphatic heterocycles. The molecule has 3 heterocycles. The van der Waals surface area contributed by atoms with Crippen LogP contribution in [0.15, 0.2) is 0 Å². The van der Waals surface area contributed by atoms with Gasteiger partial charge < -0.3 is 69.6 Å². The molecule has 0 unspecified atom stereocenters. The van der Waals surface area contributed by atoms with Gasteiger partial charge in [-0.1, -0.05) is 27.7 Å². The Morgan fingerprint density at radius 1 is 0.618 bits per heavy atom. The Kier molecular flexibility index (Phi) is 9.90. The maximum Gasteiger partial charge on any atom is 0.187 e. The molecule has 2 spiro atoms. The molecule has 0 aromatic heterocycles. The van der Waals surface area contributed by atoms with E-state index in [1.54, 1.807) is 0 Å². The molecule has 0 aromatic carbocycles. The Morgan fingerprint density at radius 2 is 1.27 bits per heavy atom. The molecule has 5 aliphatic carbocycles. The van der Waals surface area contributed by atoms with Gasteiger partial charge in [-0.05, 0) is 117 Å². The molecule has 14 nitrogen and oxygen atoms in total. The lowest BCUT2D eigenvalue weighted by molar-refractivity contribution is -0.343. The summed E-state index contributed by atoms with van der Waals surface area (Å²) in [6.07, 6.45) is -7.07. The largest absolute Gasteiger partial charge is 0.394 e. The van der Waals surface area contributed by atoms with E-state index in [0.717, 1.165) is 32.1 Å². The van der Waals surface area contributed by atoms with Gasteiger partial charge in [0.15, 0.2) is 12.6 Å². The topological polar surface area (TPSA) is 228 Å². The maximum atomic E-state index is 12.3. The first-order valence-corrected chi connectivity index (χ1v) is 20.9. The van der Waals surface area contributed by atoms with Crippen molar-refractivity contribution in [2.24, 2.45) is 44.8 Å². The van der Waals surface area contributed by atoms with Crippen molar-refractivity contribution in [3.63, 3.8) is 0 Å². The van der Waals surface area contributed by atoms with Crippen molar-refractivity contribution in [1.29, 1.82) is 0 Å². The van der Waals surface area contributed by atoms with Gasteiger partial charge in [0, 0.05) is 5.92 Å². The van der Waals surface area contributed by atoms with E-state index in [1.807, 2.05) is 13.8 Å². The van der Waals surface area contributed by atoms with E-state index in [9.17, 15) is 46.0 Å². The molecule has 0 radical (unpaired) electrons. The van der Waals surface area contributed by atoms with Gasteiger partial charge in [0.2, 0.25) is 0 Å². The number of ether oxygens (including phenoxy) is 5. The van der Waals surface area contributed by atoms with Crippen LogP contribution in [-0.4, -0.2) is 150 Å². The molecule has 8 aliphatic rings. The van der Waals surface area contributed by atoms with Gasteiger partial charge in [-0.25, -0.2) is 0 Å². The van der Waals surface area contributed by atoms with Crippen LogP contribution in [0.1, 0.15) is 106 Å². The Morgan fingerprint density at radius 3 is 1.95 bits per heavy atom. The van der Waals surface area contributed by atoms with Gasteiger partial charge in [0.25, 0.3) is 0 Å². The van der Waals surface area contributed by atoms with Crippen molar-refractivity contribution in [3.05, 3.63) is 0 Å². The Hall–Kier alpha value is -0.560. The van der Waals surface area contributed by atoms with Crippen LogP contribution in [0.3, 0.4) is 0 Å². The Balaban J connectivity index is 1.00. The fourth-order valence-corrected chi connectivity index (χ4v) is 15.1. The Bertz CT molecular complexity index is 1460. The first-order valence-electron chi connectivity index (χ1n) is 20.9. The zero-order chi connectivity index (χ0) is 40.1. The van der Waals surface area contributed by atoms with Crippen molar-refractivity contribution in [3.8, 4) is 0 Å². The summed E-state index contributed by atoms with van der Waals surface area (Å²) in [6, 6.07) is 0. The SMILES string of the molecule is CC1(C)O[C@@](C)([C@H]2[C@@H](O)C[C@@]3(C)[C@@H]4C[C@H](O)[C@H]5C(C)(C)[C@@H](O[C@@H]6OC[C@@H](O)[C@H](O)[C@H]6O)CC[C@@]56C[C@@]46CC[C@]23C)CC[C@@H]1O[C@@H]1O[C@H](CO)[C@@H](O)[C@H](O)[C@H]1O. The number of rotatable bonds is 6. The molecular weight excluding hydrogens is 716 g/mol. The monoisotopic (exact) mass is 784 g/mol. The zero-order valence-corrected chi connectivity index (χ0v) is 33.6. The molecule has 21 atom stereocenters. The minimum atomic E-state index is -1.54. The molecule has 9 N–H and O–H groups in total. The van der Waals surface area contributed by atoms with Crippen LogP contribution in [-0.2, 0) is 23.7 Å². The highest BCUT2D eigenvalue weighted by molar-refractivity contribution is 5.33. The van der Waals surface area contributed by atoms with Crippen LogP contribution in [0.5, 0.6) is 0 Å². The fraction of sp³-hybridized carbons (Fsp3) is 1.00. The summed E-state index contributed by atoms with van der Waals surface area (Å²) in [5, 5.41) is 96.5. The van der Waals surface area contributed by atoms with Crippen LogP contribution >= 0.6 is 0 Å². The minimum absolute atomic E-state index is 0.0289. The molecule has 3 saturated heterocycles. The van der Waals surface area contributed by atoms with E-state index in [4.69, 9.17) is 23.7 Å². The average molecular weight is 785 g/mol. The van der Waals surface area contributed by atoms with Crippen molar-refractivity contribution in [2.45, 2.75) is 197 Å². The second-order valence-corrected chi connectivity index (χ2v) is 21.0. The lowest BCUT2D eigenvalue weighted by Crippen LogP contribution is -2.65. The van der Waals surface area contributed by atoms with Gasteiger partial charge >= 0.3 is 0 Å². The van der Waals surface area contributed by atoms with E-state index in [0.29, 0.717) is 25.7 Å². The summed E-state index contributed by atoms with van der Waals surface area (Å²) in [5.74, 6) is -0.0433. The third-order valence-electron chi connectivity index (χ3n) is 17.7. The third-order valence-corrected chi connectivity index (χ3v) is 17.7. The third kappa shape index (κ3) is 5.63. The summed E-state index contributed by atoms with van der Waals surface area (Å²) < 4.78 is 31.1. The first-order chi connectivity index (χ1) is 25.5. The average Bonchev–Trinajstić information content (AvgIpc) is 3.69. The van der Waals surface area contributed by atoms with Gasteiger partial charge in [0.1, 0.15) is 42.7 Å². The van der Waals surface area contributed by atoms with Gasteiger partial charge in [-0.15, -0.1) is 0 Å². The number of aliphatic hydroxyl groups excluding tert-OH is 9. The molecule has 0 bridgehead atoms. The van der Waals surface area contributed by atoms with Crippen molar-refractivity contribution in [2.75, 3.05) is 13.2 Å². The highest BCUT2D eigenvalue weighted by Crippen LogP contribution is 2.89. The van der Waals surface area contributed by atoms with Crippen LogP contribution in [0, 0.1) is 44.8 Å². The molecule has 8 rings (SSSR count). The van der Waals surface area contributed by atoms with E-state index in [1.165, 1.54) is 0 Å². The van der Waals surface area contributed by atoms with Crippen molar-refractivity contribution >= 4 is 0 Å². The second kappa shape index (κ2) is 13.2. The van der Waals surface area contributed by atoms with E-state index < -0.39 is 96.8 Å². The summed E-state index contributed by atoms with van der Waals surface area (Å²) >= 11 is 0. The van der Waals surface area contributed by atoms with E-state index in [2.05, 4.69) is 34.6 Å². The highest BCUT2D eigenvalue weighted by Gasteiger charge is 2.85. The minimum Gasteiger partial charge on any atom is -0.394 e. The van der Waals surface area contributed by atoms with Crippen LogP contribution in [0.25, 0.3) is 0 Å². The van der Waals surface area contributed by atoms with Crippen molar-refractivity contribution < 1.29 is 69.6 Å². The fourth-order valence-electron chi connectivity index (χ4n) is 15.1. The molecule has 8 fully saturated rings. The van der Waals surface area contributed by atoms with Crippen LogP contribution in [0.2, 0.25) is 0 Å². The second-order valence-electron chi connectivity index (χ2n) is 21.0. The molecule has 5 saturated carbocycles. The van der Waals surface area contributed by atoms with Gasteiger partial charge in [-0.2, -0.15) is 0 Å². The zero-order valence-electron chi connectivity index (χ0n) is 33.6. The highest BCUT2D eigenvalue weighted by atomic mass is 16.7. The van der Waals surface area contributed by atoms with Crippen LogP contribution < -0.4 is 0 Å². The molecular formula is C41H68O14. The summed E-state index contributed by atoms with van der Waals surface area (Å²) in [7, 11) is 0. The smallest absolute Gasteiger partial charge is 0.187 e. The number of fused-ring (bicyclic) bond motifs is 2. The van der Waals surface area contributed by atoms with E-state index >= 15 is 0 Å².